The molecule has 1 aromatic carbocycles. The van der Waals surface area contributed by atoms with E-state index in [0.29, 0.717) is 4.47 Å². The van der Waals surface area contributed by atoms with Gasteiger partial charge in [-0.1, -0.05) is 27.5 Å². The summed E-state index contributed by atoms with van der Waals surface area (Å²) in [6, 6.07) is 2.93. The third-order valence-corrected chi connectivity index (χ3v) is 1.97. The van der Waals surface area contributed by atoms with Gasteiger partial charge in [0.15, 0.2) is 0 Å². The fourth-order valence-electron chi connectivity index (χ4n) is 0.724. The Hall–Kier alpha value is -0.120. The van der Waals surface area contributed by atoms with Crippen LogP contribution in [0.2, 0.25) is 5.02 Å². The van der Waals surface area contributed by atoms with Crippen LogP contribution >= 0.6 is 27.5 Å². The highest BCUT2D eigenvalue weighted by molar-refractivity contribution is 9.10. The monoisotopic (exact) mass is 238 g/mol. The van der Waals surface area contributed by atoms with Gasteiger partial charge in [0.05, 0.1) is 11.6 Å². The molecule has 0 saturated carbocycles. The number of hydrogen-bond donors (Lipinski definition) is 1. The molecule has 0 heterocycles. The Bertz CT molecular complexity index is 277. The Morgan fingerprint density at radius 2 is 2.18 bits per heavy atom. The third-order valence-electron chi connectivity index (χ3n) is 1.24. The molecule has 0 atom stereocenters. The first-order chi connectivity index (χ1) is 5.15. The van der Waals surface area contributed by atoms with Crippen molar-refractivity contribution in [2.75, 3.05) is 0 Å². The Morgan fingerprint density at radius 1 is 1.55 bits per heavy atom. The number of halogens is 3. The summed E-state index contributed by atoms with van der Waals surface area (Å²) < 4.78 is 13.5. The van der Waals surface area contributed by atoms with Crippen molar-refractivity contribution in [1.82, 2.24) is 0 Å². The summed E-state index contributed by atoms with van der Waals surface area (Å²) in [6.45, 7) is -0.342. The molecule has 0 spiro atoms. The van der Waals surface area contributed by atoms with Crippen LogP contribution in [0, 0.1) is 5.82 Å². The number of rotatable bonds is 1. The molecular weight excluding hydrogens is 234 g/mol. The van der Waals surface area contributed by atoms with E-state index in [-0.39, 0.29) is 17.2 Å². The van der Waals surface area contributed by atoms with Crippen LogP contribution in [0.15, 0.2) is 16.6 Å². The van der Waals surface area contributed by atoms with Crippen LogP contribution in [0.5, 0.6) is 0 Å². The SMILES string of the molecule is OCc1cc(Br)cc(Cl)c1F. The van der Waals surface area contributed by atoms with Crippen LogP contribution in [0.4, 0.5) is 4.39 Å². The molecule has 0 unspecified atom stereocenters. The van der Waals surface area contributed by atoms with E-state index in [4.69, 9.17) is 16.7 Å². The van der Waals surface area contributed by atoms with Gasteiger partial charge in [0, 0.05) is 10.0 Å². The van der Waals surface area contributed by atoms with Crippen LogP contribution in [0.25, 0.3) is 0 Å². The van der Waals surface area contributed by atoms with Crippen LogP contribution in [0.3, 0.4) is 0 Å². The molecule has 0 bridgehead atoms. The van der Waals surface area contributed by atoms with E-state index >= 15 is 0 Å². The fraction of sp³-hybridized carbons (Fsp3) is 0.143. The molecule has 0 aromatic heterocycles. The van der Waals surface area contributed by atoms with E-state index in [9.17, 15) is 4.39 Å². The van der Waals surface area contributed by atoms with E-state index in [0.717, 1.165) is 0 Å². The van der Waals surface area contributed by atoms with Gasteiger partial charge in [0.2, 0.25) is 0 Å². The molecule has 0 aliphatic heterocycles. The van der Waals surface area contributed by atoms with Crippen LogP contribution in [0.1, 0.15) is 5.56 Å². The fourth-order valence-corrected chi connectivity index (χ4v) is 1.60. The average Bonchev–Trinajstić information content (AvgIpc) is 1.96. The molecule has 1 rings (SSSR count). The highest BCUT2D eigenvalue weighted by Crippen LogP contribution is 2.23. The van der Waals surface area contributed by atoms with Crippen molar-refractivity contribution >= 4 is 27.5 Å². The van der Waals surface area contributed by atoms with Gasteiger partial charge in [0.25, 0.3) is 0 Å². The minimum atomic E-state index is -0.558. The Labute approximate surface area is 76.9 Å². The first-order valence-electron chi connectivity index (χ1n) is 2.89. The zero-order valence-corrected chi connectivity index (χ0v) is 7.78. The zero-order chi connectivity index (χ0) is 8.43. The summed E-state index contributed by atoms with van der Waals surface area (Å²) in [5.74, 6) is -0.558. The molecule has 11 heavy (non-hydrogen) atoms. The lowest BCUT2D eigenvalue weighted by Crippen LogP contribution is -1.90. The maximum atomic E-state index is 12.9. The van der Waals surface area contributed by atoms with Gasteiger partial charge in [0.1, 0.15) is 5.82 Å². The van der Waals surface area contributed by atoms with E-state index in [2.05, 4.69) is 15.9 Å². The molecule has 1 nitrogen and oxygen atoms in total. The molecule has 0 aliphatic carbocycles. The summed E-state index contributed by atoms with van der Waals surface area (Å²) in [5.41, 5.74) is 0.198. The quantitative estimate of drug-likeness (QED) is 0.747. The first-order valence-corrected chi connectivity index (χ1v) is 4.06. The maximum absolute atomic E-state index is 12.9. The molecular formula is C7H5BrClFO. The van der Waals surface area contributed by atoms with Gasteiger partial charge in [-0.2, -0.15) is 0 Å². The number of benzene rings is 1. The number of aliphatic hydroxyl groups is 1. The molecule has 1 aromatic rings. The van der Waals surface area contributed by atoms with Crippen molar-refractivity contribution in [2.24, 2.45) is 0 Å². The maximum Gasteiger partial charge on any atom is 0.147 e. The smallest absolute Gasteiger partial charge is 0.147 e. The molecule has 0 fully saturated rings. The minimum Gasteiger partial charge on any atom is -0.392 e. The van der Waals surface area contributed by atoms with Crippen LogP contribution < -0.4 is 0 Å². The van der Waals surface area contributed by atoms with E-state index < -0.39 is 5.82 Å². The number of hydrogen-bond acceptors (Lipinski definition) is 1. The predicted molar refractivity (Wildman–Crippen MR) is 45.0 cm³/mol. The largest absolute Gasteiger partial charge is 0.392 e. The lowest BCUT2D eigenvalue weighted by molar-refractivity contribution is 0.275. The Balaban J connectivity index is 3.24. The summed E-state index contributed by atoms with van der Waals surface area (Å²) in [6.07, 6.45) is 0. The van der Waals surface area contributed by atoms with Crippen molar-refractivity contribution in [2.45, 2.75) is 6.61 Å². The number of aliphatic hydroxyl groups excluding tert-OH is 1. The topological polar surface area (TPSA) is 20.2 Å². The first kappa shape index (κ1) is 8.97. The lowest BCUT2D eigenvalue weighted by Gasteiger charge is -2.01. The molecule has 0 radical (unpaired) electrons. The third kappa shape index (κ3) is 1.92. The average molecular weight is 239 g/mol. The Kier molecular flexibility index (Phi) is 2.87. The van der Waals surface area contributed by atoms with E-state index in [1.165, 1.54) is 12.1 Å². The Morgan fingerprint density at radius 3 is 2.73 bits per heavy atom. The normalized spacial score (nSPS) is 10.2. The highest BCUT2D eigenvalue weighted by Gasteiger charge is 2.06. The molecule has 0 saturated heterocycles. The molecule has 60 valence electrons. The van der Waals surface area contributed by atoms with Gasteiger partial charge in [-0.3, -0.25) is 0 Å². The molecule has 4 heteroatoms. The predicted octanol–water partition coefficient (Wildman–Crippen LogP) is 2.73. The van der Waals surface area contributed by atoms with Crippen molar-refractivity contribution in [3.63, 3.8) is 0 Å². The van der Waals surface area contributed by atoms with E-state index in [1.54, 1.807) is 0 Å². The summed E-state index contributed by atoms with van der Waals surface area (Å²) in [5, 5.41) is 8.66. The summed E-state index contributed by atoms with van der Waals surface area (Å²) in [4.78, 5) is 0. The van der Waals surface area contributed by atoms with Crippen molar-refractivity contribution < 1.29 is 9.50 Å². The molecule has 0 amide bonds. The molecule has 1 N–H and O–H groups in total. The second-order valence-corrected chi connectivity index (χ2v) is 3.34. The van der Waals surface area contributed by atoms with Gasteiger partial charge >= 0.3 is 0 Å². The standard InChI is InChI=1S/C7H5BrClFO/c8-5-1-4(3-11)7(10)6(9)2-5/h1-2,11H,3H2. The van der Waals surface area contributed by atoms with Gasteiger partial charge in [-0.15, -0.1) is 0 Å². The second-order valence-electron chi connectivity index (χ2n) is 2.02. The zero-order valence-electron chi connectivity index (χ0n) is 5.44. The van der Waals surface area contributed by atoms with Crippen LogP contribution in [-0.2, 0) is 6.61 Å². The summed E-state index contributed by atoms with van der Waals surface area (Å²) in [7, 11) is 0. The second kappa shape index (κ2) is 3.52. The van der Waals surface area contributed by atoms with Crippen molar-refractivity contribution in [3.8, 4) is 0 Å². The van der Waals surface area contributed by atoms with Crippen LogP contribution in [-0.4, -0.2) is 5.11 Å². The van der Waals surface area contributed by atoms with Crippen molar-refractivity contribution in [1.29, 1.82) is 0 Å². The van der Waals surface area contributed by atoms with E-state index in [1.807, 2.05) is 0 Å². The lowest BCUT2D eigenvalue weighted by atomic mass is 10.2. The van der Waals surface area contributed by atoms with Crippen molar-refractivity contribution in [3.05, 3.63) is 33.0 Å². The minimum absolute atomic E-state index is 0.0171. The van der Waals surface area contributed by atoms with Gasteiger partial charge in [-0.05, 0) is 12.1 Å². The van der Waals surface area contributed by atoms with Gasteiger partial charge in [-0.25, -0.2) is 4.39 Å². The molecule has 0 aliphatic rings. The van der Waals surface area contributed by atoms with Gasteiger partial charge < -0.3 is 5.11 Å². The highest BCUT2D eigenvalue weighted by atomic mass is 79.9. The summed E-state index contributed by atoms with van der Waals surface area (Å²) >= 11 is 8.61.